The van der Waals surface area contributed by atoms with Crippen LogP contribution in [0.15, 0.2) is 17.1 Å². The zero-order valence-electron chi connectivity index (χ0n) is 10.2. The Labute approximate surface area is 107 Å². The molecule has 0 spiro atoms. The van der Waals surface area contributed by atoms with E-state index < -0.39 is 36.8 Å². The number of hydroxylamine groups is 2. The Hall–Kier alpha value is -1.55. The first-order valence-corrected chi connectivity index (χ1v) is 5.62. The van der Waals surface area contributed by atoms with Crippen molar-refractivity contribution < 1.29 is 19.4 Å². The molecule has 0 saturated carbocycles. The van der Waals surface area contributed by atoms with E-state index in [1.165, 1.54) is 19.3 Å². The van der Waals surface area contributed by atoms with Gasteiger partial charge in [-0.15, -0.1) is 0 Å². The van der Waals surface area contributed by atoms with Gasteiger partial charge in [-0.05, 0) is 6.07 Å². The second kappa shape index (κ2) is 5.21. The normalized spacial score (nSPS) is 31.0. The lowest BCUT2D eigenvalue weighted by Gasteiger charge is -2.22. The summed E-state index contributed by atoms with van der Waals surface area (Å²) >= 11 is 0. The number of rotatable bonds is 3. The summed E-state index contributed by atoms with van der Waals surface area (Å²) in [5.41, 5.74) is 4.58. The molecular formula is C10H15FN4O4. The van der Waals surface area contributed by atoms with E-state index in [-0.39, 0.29) is 5.82 Å². The van der Waals surface area contributed by atoms with Crippen molar-refractivity contribution in [3.63, 3.8) is 0 Å². The van der Waals surface area contributed by atoms with Gasteiger partial charge in [0.05, 0.1) is 12.6 Å². The number of nitrogens with two attached hydrogens (primary N) is 1. The number of hydrogen-bond acceptors (Lipinski definition) is 7. The predicted octanol–water partition coefficient (Wildman–Crippen LogP) is -1.26. The van der Waals surface area contributed by atoms with Crippen molar-refractivity contribution >= 4 is 5.82 Å². The topological polar surface area (TPSA) is 114 Å². The minimum Gasteiger partial charge on any atom is -0.394 e. The van der Waals surface area contributed by atoms with Gasteiger partial charge in [0.1, 0.15) is 11.9 Å². The molecule has 3 unspecified atom stereocenters. The summed E-state index contributed by atoms with van der Waals surface area (Å²) in [7, 11) is 1.25. The summed E-state index contributed by atoms with van der Waals surface area (Å²) in [5.74, 6) is 0.0178. The Bertz CT molecular complexity index is 509. The number of likely N-dealkylation sites (N-methyl/N-ethyl adjacent to an activating group) is 1. The van der Waals surface area contributed by atoms with E-state index in [1.54, 1.807) is 0 Å². The highest BCUT2D eigenvalue weighted by Gasteiger charge is 2.48. The van der Waals surface area contributed by atoms with Crippen molar-refractivity contribution in [3.05, 3.63) is 22.7 Å². The maximum absolute atomic E-state index is 14.3. The van der Waals surface area contributed by atoms with Crippen LogP contribution in [0.5, 0.6) is 0 Å². The molecular weight excluding hydrogens is 259 g/mol. The van der Waals surface area contributed by atoms with E-state index in [1.807, 2.05) is 0 Å². The molecule has 0 radical (unpaired) electrons. The number of ether oxygens (including phenoxy) is 1. The average Bonchev–Trinajstić information content (AvgIpc) is 2.66. The first-order chi connectivity index (χ1) is 8.95. The van der Waals surface area contributed by atoms with Gasteiger partial charge in [-0.2, -0.15) is 10.0 Å². The van der Waals surface area contributed by atoms with Crippen LogP contribution in [0, 0.1) is 0 Å². The zero-order valence-corrected chi connectivity index (χ0v) is 10.2. The van der Waals surface area contributed by atoms with Gasteiger partial charge in [0, 0.05) is 13.2 Å². The van der Waals surface area contributed by atoms with Crippen molar-refractivity contribution in [2.75, 3.05) is 19.4 Å². The Morgan fingerprint density at radius 2 is 2.37 bits per heavy atom. The van der Waals surface area contributed by atoms with Crippen molar-refractivity contribution in [2.24, 2.45) is 0 Å². The van der Waals surface area contributed by atoms with Gasteiger partial charge in [0.2, 0.25) is 0 Å². The fraction of sp³-hybridized carbons (Fsp3) is 0.600. The molecule has 9 heteroatoms. The quantitative estimate of drug-likeness (QED) is 0.590. The molecule has 2 rings (SSSR count). The third-order valence-corrected chi connectivity index (χ3v) is 3.03. The Morgan fingerprint density at radius 1 is 1.68 bits per heavy atom. The monoisotopic (exact) mass is 274 g/mol. The molecule has 1 saturated heterocycles. The van der Waals surface area contributed by atoms with E-state index in [0.29, 0.717) is 5.06 Å². The third-order valence-electron chi connectivity index (χ3n) is 3.03. The van der Waals surface area contributed by atoms with Gasteiger partial charge in [0.25, 0.3) is 0 Å². The second-order valence-electron chi connectivity index (χ2n) is 4.30. The zero-order chi connectivity index (χ0) is 14.2. The van der Waals surface area contributed by atoms with Crippen molar-refractivity contribution in [3.8, 4) is 0 Å². The first kappa shape index (κ1) is 13.9. The lowest BCUT2D eigenvalue weighted by molar-refractivity contribution is -0.134. The molecule has 106 valence electrons. The van der Waals surface area contributed by atoms with Crippen LogP contribution in [0.1, 0.15) is 6.23 Å². The average molecular weight is 274 g/mol. The highest BCUT2D eigenvalue weighted by atomic mass is 19.1. The number of nitrogen functional groups attached to an aromatic ring is 1. The van der Waals surface area contributed by atoms with Crippen LogP contribution >= 0.6 is 0 Å². The summed E-state index contributed by atoms with van der Waals surface area (Å²) < 4.78 is 20.4. The van der Waals surface area contributed by atoms with Crippen LogP contribution in [-0.4, -0.2) is 56.9 Å². The lowest BCUT2D eigenvalue weighted by atomic mass is 10.1. The summed E-state index contributed by atoms with van der Waals surface area (Å²) in [6.45, 7) is -0.483. The van der Waals surface area contributed by atoms with Crippen LogP contribution in [0.2, 0.25) is 0 Å². The lowest BCUT2D eigenvalue weighted by Crippen LogP contribution is -2.43. The molecule has 1 aromatic heterocycles. The standard InChI is InChI=1S/C10H15FN4O4/c1-14(18)8-5(4-16)19-9(7(8)11)15-3-2-6(12)13-10(15)17/h2-3,5,7-9,16,18H,4H2,1H3,(H2,12,13,17)/t5?,7-,8?,9?/m0/s1. The van der Waals surface area contributed by atoms with Gasteiger partial charge < -0.3 is 20.8 Å². The first-order valence-electron chi connectivity index (χ1n) is 5.62. The highest BCUT2D eigenvalue weighted by Crippen LogP contribution is 2.32. The number of aromatic nitrogens is 2. The van der Waals surface area contributed by atoms with E-state index in [4.69, 9.17) is 15.6 Å². The van der Waals surface area contributed by atoms with Crippen molar-refractivity contribution in [2.45, 2.75) is 24.5 Å². The molecule has 1 fully saturated rings. The number of halogens is 1. The Kier molecular flexibility index (Phi) is 3.80. The largest absolute Gasteiger partial charge is 0.394 e. The molecule has 8 nitrogen and oxygen atoms in total. The third kappa shape index (κ3) is 2.45. The van der Waals surface area contributed by atoms with Crippen LogP contribution in [0.3, 0.4) is 0 Å². The van der Waals surface area contributed by atoms with E-state index in [9.17, 15) is 14.4 Å². The molecule has 1 aliphatic heterocycles. The summed E-state index contributed by atoms with van der Waals surface area (Å²) in [5, 5.41) is 19.1. The van der Waals surface area contributed by atoms with Gasteiger partial charge >= 0.3 is 5.69 Å². The number of hydrogen-bond donors (Lipinski definition) is 3. The van der Waals surface area contributed by atoms with Crippen LogP contribution in [-0.2, 0) is 4.74 Å². The SMILES string of the molecule is CN(O)C1C(CO)OC(n2ccc(N)nc2=O)[C@H]1F. The Morgan fingerprint density at radius 3 is 2.84 bits per heavy atom. The molecule has 2 heterocycles. The van der Waals surface area contributed by atoms with E-state index >= 15 is 0 Å². The fourth-order valence-electron chi connectivity index (χ4n) is 2.14. The predicted molar refractivity (Wildman–Crippen MR) is 62.1 cm³/mol. The molecule has 0 aliphatic carbocycles. The number of anilines is 1. The molecule has 0 amide bonds. The number of aliphatic hydroxyl groups excluding tert-OH is 1. The Balaban J connectivity index is 2.34. The van der Waals surface area contributed by atoms with Crippen LogP contribution in [0.25, 0.3) is 0 Å². The van der Waals surface area contributed by atoms with E-state index in [0.717, 1.165) is 4.57 Å². The summed E-state index contributed by atoms with van der Waals surface area (Å²) in [6, 6.07) is 0.265. The molecule has 1 aromatic rings. The minimum absolute atomic E-state index is 0.0178. The second-order valence-corrected chi connectivity index (χ2v) is 4.30. The molecule has 4 N–H and O–H groups in total. The smallest absolute Gasteiger partial charge is 0.351 e. The molecule has 1 aliphatic rings. The maximum Gasteiger partial charge on any atom is 0.351 e. The fourth-order valence-corrected chi connectivity index (χ4v) is 2.14. The highest BCUT2D eigenvalue weighted by molar-refractivity contribution is 5.23. The van der Waals surface area contributed by atoms with Gasteiger partial charge in [-0.3, -0.25) is 4.57 Å². The number of aliphatic hydroxyl groups is 1. The molecule has 4 atom stereocenters. The van der Waals surface area contributed by atoms with Crippen LogP contribution in [0.4, 0.5) is 10.2 Å². The van der Waals surface area contributed by atoms with Crippen molar-refractivity contribution in [1.29, 1.82) is 0 Å². The molecule has 0 bridgehead atoms. The minimum atomic E-state index is -1.70. The molecule has 0 aromatic carbocycles. The van der Waals surface area contributed by atoms with Crippen molar-refractivity contribution in [1.82, 2.24) is 14.6 Å². The number of nitrogens with zero attached hydrogens (tertiary/aromatic N) is 3. The maximum atomic E-state index is 14.3. The summed E-state index contributed by atoms with van der Waals surface area (Å²) in [4.78, 5) is 15.1. The summed E-state index contributed by atoms with van der Waals surface area (Å²) in [6.07, 6.45) is -2.65. The van der Waals surface area contributed by atoms with Gasteiger partial charge in [-0.25, -0.2) is 9.18 Å². The van der Waals surface area contributed by atoms with E-state index in [2.05, 4.69) is 4.98 Å². The van der Waals surface area contributed by atoms with Gasteiger partial charge in [-0.1, -0.05) is 0 Å². The molecule has 19 heavy (non-hydrogen) atoms. The number of alkyl halides is 1. The van der Waals surface area contributed by atoms with Gasteiger partial charge in [0.15, 0.2) is 12.4 Å². The van der Waals surface area contributed by atoms with Crippen LogP contribution < -0.4 is 11.4 Å².